The number of fused-ring (bicyclic) bond motifs is 1. The summed E-state index contributed by atoms with van der Waals surface area (Å²) in [5, 5.41) is 14.9. The Labute approximate surface area is 185 Å². The minimum atomic E-state index is -0.660. The van der Waals surface area contributed by atoms with Crippen molar-refractivity contribution >= 4 is 40.7 Å². The topological polar surface area (TPSA) is 49.3 Å². The Morgan fingerprint density at radius 3 is 2.38 bits per heavy atom. The van der Waals surface area contributed by atoms with E-state index in [1.165, 1.54) is 0 Å². The van der Waals surface area contributed by atoms with Gasteiger partial charge in [0.1, 0.15) is 0 Å². The molecule has 1 aliphatic carbocycles. The number of allylic oxidation sites excluding steroid dienone is 1. The van der Waals surface area contributed by atoms with Crippen LogP contribution in [0, 0.1) is 11.3 Å². The molecule has 5 atom stereocenters. The molecule has 6 heteroatoms. The molecule has 1 fully saturated rings. The van der Waals surface area contributed by atoms with E-state index in [0.717, 1.165) is 11.1 Å². The second-order valence-corrected chi connectivity index (χ2v) is 9.09. The largest absolute Gasteiger partial charge is 0.394 e. The molecule has 1 heterocycles. The van der Waals surface area contributed by atoms with Crippen LogP contribution >= 0.6 is 34.8 Å². The van der Waals surface area contributed by atoms with Gasteiger partial charge in [0.15, 0.2) is 0 Å². The normalized spacial score (nSPS) is 30.9. The van der Waals surface area contributed by atoms with Gasteiger partial charge < -0.3 is 10.4 Å². The first kappa shape index (κ1) is 20.7. The van der Waals surface area contributed by atoms with Crippen molar-refractivity contribution in [1.29, 1.82) is 0 Å². The van der Waals surface area contributed by atoms with E-state index < -0.39 is 5.41 Å². The van der Waals surface area contributed by atoms with Crippen molar-refractivity contribution in [2.45, 2.75) is 31.2 Å². The molecule has 2 aliphatic rings. The molecule has 1 amide bonds. The minimum Gasteiger partial charge on any atom is -0.394 e. The van der Waals surface area contributed by atoms with E-state index in [1.807, 2.05) is 49.4 Å². The first-order valence-corrected chi connectivity index (χ1v) is 10.9. The first-order valence-electron chi connectivity index (χ1n) is 9.73. The van der Waals surface area contributed by atoms with E-state index in [0.29, 0.717) is 21.5 Å². The molecule has 0 bridgehead atoms. The van der Waals surface area contributed by atoms with Crippen LogP contribution in [0.25, 0.3) is 0 Å². The SMILES string of the molecule is CC[C@]12C=C[C@H](c3ccc(Cl)cc3Cl)[C@@H](c3ccc(Cl)cc3)[C@H]1[C@H](CO)NC2=O. The van der Waals surface area contributed by atoms with Crippen LogP contribution in [0.5, 0.6) is 0 Å². The number of rotatable bonds is 4. The number of hydrogen-bond donors (Lipinski definition) is 2. The third kappa shape index (κ3) is 3.38. The van der Waals surface area contributed by atoms with E-state index in [9.17, 15) is 9.90 Å². The standard InChI is InChI=1S/C23H22Cl3NO2/c1-2-23-10-9-17(16-8-7-15(25)11-18(16)26)20(13-3-5-14(24)6-4-13)21(23)19(12-28)27-22(23)29/h3-11,17,19-21,28H,2,12H2,1H3,(H,27,29)/t17-,19+,20-,21-,23+/m1/s1. The highest BCUT2D eigenvalue weighted by molar-refractivity contribution is 6.35. The van der Waals surface area contributed by atoms with E-state index in [2.05, 4.69) is 11.4 Å². The lowest BCUT2D eigenvalue weighted by molar-refractivity contribution is -0.127. The molecule has 1 saturated heterocycles. The molecule has 0 aromatic heterocycles. The zero-order valence-corrected chi connectivity index (χ0v) is 18.2. The number of hydrogen-bond acceptors (Lipinski definition) is 2. The predicted octanol–water partition coefficient (Wildman–Crippen LogP) is 5.59. The lowest BCUT2D eigenvalue weighted by atomic mass is 9.57. The summed E-state index contributed by atoms with van der Waals surface area (Å²) in [4.78, 5) is 13.0. The molecule has 1 aliphatic heterocycles. The molecular weight excluding hydrogens is 429 g/mol. The maximum atomic E-state index is 13.0. The molecule has 152 valence electrons. The van der Waals surface area contributed by atoms with Gasteiger partial charge in [0.05, 0.1) is 18.1 Å². The molecule has 4 rings (SSSR count). The Morgan fingerprint density at radius 2 is 1.76 bits per heavy atom. The van der Waals surface area contributed by atoms with Gasteiger partial charge in [0, 0.05) is 32.8 Å². The van der Waals surface area contributed by atoms with E-state index in [-0.39, 0.29) is 36.3 Å². The quantitative estimate of drug-likeness (QED) is 0.597. The van der Waals surface area contributed by atoms with E-state index in [1.54, 1.807) is 6.07 Å². The molecular formula is C23H22Cl3NO2. The van der Waals surface area contributed by atoms with Gasteiger partial charge in [-0.1, -0.05) is 72.1 Å². The first-order chi connectivity index (χ1) is 13.9. The number of aliphatic hydroxyl groups excluding tert-OH is 1. The highest BCUT2D eigenvalue weighted by Crippen LogP contribution is 2.57. The van der Waals surface area contributed by atoms with Crippen LogP contribution in [0.3, 0.4) is 0 Å². The Kier molecular flexibility index (Phi) is 5.69. The number of carbonyl (C=O) groups excluding carboxylic acids is 1. The zero-order valence-electron chi connectivity index (χ0n) is 15.9. The van der Waals surface area contributed by atoms with Crippen LogP contribution in [-0.4, -0.2) is 23.7 Å². The Hall–Kier alpha value is -1.52. The molecule has 29 heavy (non-hydrogen) atoms. The number of amides is 1. The molecule has 0 spiro atoms. The molecule has 2 aromatic rings. The van der Waals surface area contributed by atoms with Crippen LogP contribution in [0.1, 0.15) is 36.3 Å². The van der Waals surface area contributed by atoms with Crippen molar-refractivity contribution < 1.29 is 9.90 Å². The summed E-state index contributed by atoms with van der Waals surface area (Å²) >= 11 is 18.8. The maximum absolute atomic E-state index is 13.0. The van der Waals surface area contributed by atoms with Gasteiger partial charge in [-0.3, -0.25) is 4.79 Å². The van der Waals surface area contributed by atoms with Crippen molar-refractivity contribution in [3.63, 3.8) is 0 Å². The second-order valence-electron chi connectivity index (χ2n) is 7.81. The van der Waals surface area contributed by atoms with Crippen LogP contribution in [0.2, 0.25) is 15.1 Å². The van der Waals surface area contributed by atoms with Gasteiger partial charge in [0.25, 0.3) is 0 Å². The third-order valence-electron chi connectivity index (χ3n) is 6.50. The number of carbonyl (C=O) groups is 1. The predicted molar refractivity (Wildman–Crippen MR) is 118 cm³/mol. The van der Waals surface area contributed by atoms with Gasteiger partial charge >= 0.3 is 0 Å². The fourth-order valence-corrected chi connectivity index (χ4v) is 5.78. The van der Waals surface area contributed by atoms with Gasteiger partial charge in [-0.25, -0.2) is 0 Å². The second kappa shape index (κ2) is 7.96. The van der Waals surface area contributed by atoms with Crippen molar-refractivity contribution in [2.24, 2.45) is 11.3 Å². The summed E-state index contributed by atoms with van der Waals surface area (Å²) < 4.78 is 0. The molecule has 2 aromatic carbocycles. The number of aliphatic hydroxyl groups is 1. The summed E-state index contributed by atoms with van der Waals surface area (Å²) in [7, 11) is 0. The fraction of sp³-hybridized carbons (Fsp3) is 0.348. The minimum absolute atomic E-state index is 0.0279. The average Bonchev–Trinajstić information content (AvgIpc) is 3.00. The number of nitrogens with one attached hydrogen (secondary N) is 1. The zero-order chi connectivity index (χ0) is 20.8. The molecule has 0 radical (unpaired) electrons. The Balaban J connectivity index is 1.93. The van der Waals surface area contributed by atoms with Crippen LogP contribution < -0.4 is 5.32 Å². The number of benzene rings is 2. The fourth-order valence-electron chi connectivity index (χ4n) is 5.12. The van der Waals surface area contributed by atoms with Crippen LogP contribution in [-0.2, 0) is 4.79 Å². The van der Waals surface area contributed by atoms with Crippen LogP contribution in [0.4, 0.5) is 0 Å². The van der Waals surface area contributed by atoms with Gasteiger partial charge in [-0.05, 0) is 41.8 Å². The smallest absolute Gasteiger partial charge is 0.230 e. The third-order valence-corrected chi connectivity index (χ3v) is 7.31. The van der Waals surface area contributed by atoms with Crippen molar-refractivity contribution in [1.82, 2.24) is 5.32 Å². The van der Waals surface area contributed by atoms with Crippen molar-refractivity contribution in [3.8, 4) is 0 Å². The Morgan fingerprint density at radius 1 is 1.07 bits per heavy atom. The van der Waals surface area contributed by atoms with Crippen molar-refractivity contribution in [2.75, 3.05) is 6.61 Å². The maximum Gasteiger partial charge on any atom is 0.230 e. The summed E-state index contributed by atoms with van der Waals surface area (Å²) in [6, 6.07) is 12.9. The highest BCUT2D eigenvalue weighted by Gasteiger charge is 2.58. The van der Waals surface area contributed by atoms with E-state index in [4.69, 9.17) is 34.8 Å². The monoisotopic (exact) mass is 449 g/mol. The van der Waals surface area contributed by atoms with Crippen LogP contribution in [0.15, 0.2) is 54.6 Å². The molecule has 0 unspecified atom stereocenters. The summed E-state index contributed by atoms with van der Waals surface area (Å²) in [6.45, 7) is 1.91. The van der Waals surface area contributed by atoms with E-state index >= 15 is 0 Å². The summed E-state index contributed by atoms with van der Waals surface area (Å²) in [5.41, 5.74) is 1.35. The molecule has 0 saturated carbocycles. The summed E-state index contributed by atoms with van der Waals surface area (Å²) in [6.07, 6.45) is 4.76. The van der Waals surface area contributed by atoms with Gasteiger partial charge in [0.2, 0.25) is 5.91 Å². The highest BCUT2D eigenvalue weighted by atomic mass is 35.5. The van der Waals surface area contributed by atoms with Crippen molar-refractivity contribution in [3.05, 3.63) is 80.8 Å². The Bertz CT molecular complexity index is 959. The summed E-state index contributed by atoms with van der Waals surface area (Å²) in [5.74, 6) is -0.271. The lowest BCUT2D eigenvalue weighted by Gasteiger charge is -2.44. The molecule has 2 N–H and O–H groups in total. The number of halogens is 3. The van der Waals surface area contributed by atoms with Gasteiger partial charge in [-0.15, -0.1) is 0 Å². The lowest BCUT2D eigenvalue weighted by Crippen LogP contribution is -2.42. The average molecular weight is 451 g/mol. The molecule has 3 nitrogen and oxygen atoms in total. The van der Waals surface area contributed by atoms with Gasteiger partial charge in [-0.2, -0.15) is 0 Å².